The van der Waals surface area contributed by atoms with Crippen LogP contribution in [-0.2, 0) is 6.54 Å². The third-order valence-corrected chi connectivity index (χ3v) is 3.27. The van der Waals surface area contributed by atoms with E-state index < -0.39 is 0 Å². The topological polar surface area (TPSA) is 43.1 Å². The van der Waals surface area contributed by atoms with Crippen LogP contribution >= 0.6 is 23.2 Å². The number of non-ortho nitro benzene ring substituents is 1. The Morgan fingerprint density at radius 2 is 1.84 bits per heavy atom. The zero-order valence-electron chi connectivity index (χ0n) is 10.7. The van der Waals surface area contributed by atoms with Gasteiger partial charge >= 0.3 is 0 Å². The Morgan fingerprint density at radius 3 is 2.32 bits per heavy atom. The van der Waals surface area contributed by atoms with Gasteiger partial charge in [-0.3, -0.25) is 10.1 Å². The van der Waals surface area contributed by atoms with Gasteiger partial charge in [0.1, 0.15) is 6.54 Å². The number of hydrogen-bond donors (Lipinski definition) is 0. The molecule has 0 aliphatic carbocycles. The number of benzene rings is 1. The van der Waals surface area contributed by atoms with E-state index >= 15 is 0 Å². The number of quaternary nitrogens is 1. The number of alkyl halides is 2. The second-order valence-corrected chi connectivity index (χ2v) is 5.29. The summed E-state index contributed by atoms with van der Waals surface area (Å²) in [5.74, 6) is 1.09. The van der Waals surface area contributed by atoms with Gasteiger partial charge in [-0.2, -0.15) is 0 Å². The van der Waals surface area contributed by atoms with Crippen molar-refractivity contribution in [2.45, 2.75) is 6.54 Å². The first-order chi connectivity index (χ1) is 8.50. The molecule has 0 atom stereocenters. The number of rotatable bonds is 7. The first-order valence-corrected chi connectivity index (χ1v) is 6.76. The minimum Gasteiger partial charge on any atom is -1.00 e. The van der Waals surface area contributed by atoms with E-state index in [9.17, 15) is 10.1 Å². The van der Waals surface area contributed by atoms with Gasteiger partial charge in [-0.15, -0.1) is 23.2 Å². The van der Waals surface area contributed by atoms with Gasteiger partial charge in [0, 0.05) is 17.7 Å². The zero-order valence-corrected chi connectivity index (χ0v) is 13.0. The molecule has 0 unspecified atom stereocenters. The smallest absolute Gasteiger partial charge is 0.269 e. The highest BCUT2D eigenvalue weighted by Crippen LogP contribution is 2.18. The summed E-state index contributed by atoms with van der Waals surface area (Å²) in [5.41, 5.74) is 1.05. The fraction of sp³-hybridized carbons (Fsp3) is 0.500. The van der Waals surface area contributed by atoms with Crippen LogP contribution in [0.15, 0.2) is 24.3 Å². The summed E-state index contributed by atoms with van der Waals surface area (Å²) in [4.78, 5) is 10.4. The number of halogens is 3. The summed E-state index contributed by atoms with van der Waals surface area (Å²) < 4.78 is 0.689. The Balaban J connectivity index is 0.00000324. The molecule has 0 spiro atoms. The minimum absolute atomic E-state index is 0. The molecule has 108 valence electrons. The average molecular weight is 328 g/mol. The average Bonchev–Trinajstić information content (AvgIpc) is 2.29. The second-order valence-electron chi connectivity index (χ2n) is 4.53. The lowest BCUT2D eigenvalue weighted by Crippen LogP contribution is -3.00. The van der Waals surface area contributed by atoms with Crippen LogP contribution in [0.25, 0.3) is 0 Å². The van der Waals surface area contributed by atoms with E-state index in [1.165, 1.54) is 6.07 Å². The Labute approximate surface area is 129 Å². The minimum atomic E-state index is -0.378. The van der Waals surface area contributed by atoms with Crippen LogP contribution in [0.1, 0.15) is 5.56 Å². The van der Waals surface area contributed by atoms with Gasteiger partial charge in [-0.25, -0.2) is 0 Å². The van der Waals surface area contributed by atoms with Gasteiger partial charge in [-0.1, -0.05) is 12.1 Å². The van der Waals surface area contributed by atoms with Crippen molar-refractivity contribution in [3.05, 3.63) is 39.9 Å². The van der Waals surface area contributed by atoms with Gasteiger partial charge in [0.25, 0.3) is 5.69 Å². The molecule has 0 aliphatic heterocycles. The Kier molecular flexibility index (Phi) is 8.34. The van der Waals surface area contributed by atoms with Gasteiger partial charge in [0.15, 0.2) is 0 Å². The quantitative estimate of drug-likeness (QED) is 0.307. The maximum absolute atomic E-state index is 10.7. The summed E-state index contributed by atoms with van der Waals surface area (Å²) in [6.45, 7) is 2.27. The van der Waals surface area contributed by atoms with Crippen molar-refractivity contribution in [2.75, 3.05) is 31.9 Å². The molecule has 0 heterocycles. The molecule has 0 fully saturated rings. The molecular weight excluding hydrogens is 311 g/mol. The SMILES string of the molecule is C[N+](CCCl)(CCCl)Cc1cccc([N+](=O)[O-])c1.[Cl-]. The van der Waals surface area contributed by atoms with E-state index in [1.54, 1.807) is 12.1 Å². The van der Waals surface area contributed by atoms with Crippen LogP contribution in [0, 0.1) is 10.1 Å². The van der Waals surface area contributed by atoms with Crippen molar-refractivity contribution >= 4 is 28.9 Å². The lowest BCUT2D eigenvalue weighted by Gasteiger charge is -2.33. The standard InChI is InChI=1S/C12H17Cl2N2O2.ClH/c1-16(7-5-13,8-6-14)10-11-3-2-4-12(9-11)15(17)18;/h2-4,9H,5-8,10H2,1H3;1H/q+1;/p-1. The van der Waals surface area contributed by atoms with E-state index in [0.717, 1.165) is 18.7 Å². The molecule has 19 heavy (non-hydrogen) atoms. The molecular formula is C12H17Cl3N2O2. The first-order valence-electron chi connectivity index (χ1n) is 5.69. The summed E-state index contributed by atoms with van der Waals surface area (Å²) in [5, 5.41) is 10.7. The molecule has 0 N–H and O–H groups in total. The second kappa shape index (κ2) is 8.59. The lowest BCUT2D eigenvalue weighted by atomic mass is 10.1. The molecule has 0 aromatic heterocycles. The molecule has 0 radical (unpaired) electrons. The first kappa shape index (κ1) is 18.4. The highest BCUT2D eigenvalue weighted by atomic mass is 35.5. The molecule has 1 aromatic rings. The van der Waals surface area contributed by atoms with Crippen LogP contribution in [0.3, 0.4) is 0 Å². The molecule has 4 nitrogen and oxygen atoms in total. The Morgan fingerprint density at radius 1 is 1.26 bits per heavy atom. The monoisotopic (exact) mass is 326 g/mol. The molecule has 0 saturated heterocycles. The summed E-state index contributed by atoms with van der Waals surface area (Å²) in [6.07, 6.45) is 0. The predicted molar refractivity (Wildman–Crippen MR) is 74.2 cm³/mol. The van der Waals surface area contributed by atoms with Gasteiger partial charge in [0.05, 0.1) is 36.8 Å². The van der Waals surface area contributed by atoms with Crippen LogP contribution < -0.4 is 12.4 Å². The van der Waals surface area contributed by atoms with Crippen molar-refractivity contribution in [2.24, 2.45) is 0 Å². The van der Waals surface area contributed by atoms with Crippen molar-refractivity contribution in [3.63, 3.8) is 0 Å². The van der Waals surface area contributed by atoms with Crippen molar-refractivity contribution in [3.8, 4) is 0 Å². The highest BCUT2D eigenvalue weighted by Gasteiger charge is 2.21. The summed E-state index contributed by atoms with van der Waals surface area (Å²) in [7, 11) is 2.06. The maximum Gasteiger partial charge on any atom is 0.269 e. The van der Waals surface area contributed by atoms with Crippen LogP contribution in [0.5, 0.6) is 0 Å². The molecule has 0 bridgehead atoms. The van der Waals surface area contributed by atoms with E-state index in [0.29, 0.717) is 22.8 Å². The van der Waals surface area contributed by atoms with Crippen LogP contribution in [-0.4, -0.2) is 41.3 Å². The van der Waals surface area contributed by atoms with Crippen molar-refractivity contribution < 1.29 is 21.8 Å². The Bertz CT molecular complexity index is 410. The third kappa shape index (κ3) is 5.95. The van der Waals surface area contributed by atoms with Gasteiger partial charge < -0.3 is 16.9 Å². The largest absolute Gasteiger partial charge is 1.00 e. The van der Waals surface area contributed by atoms with Crippen molar-refractivity contribution in [1.82, 2.24) is 0 Å². The van der Waals surface area contributed by atoms with Crippen LogP contribution in [0.2, 0.25) is 0 Å². The summed E-state index contributed by atoms with van der Waals surface area (Å²) >= 11 is 11.6. The molecule has 0 saturated carbocycles. The fourth-order valence-corrected chi connectivity index (χ4v) is 2.70. The Hall–Kier alpha value is -0.550. The predicted octanol–water partition coefficient (Wildman–Crippen LogP) is 0.0230. The molecule has 1 aromatic carbocycles. The lowest BCUT2D eigenvalue weighted by molar-refractivity contribution is -0.918. The summed E-state index contributed by atoms with van der Waals surface area (Å²) in [6, 6.07) is 6.71. The number of nitro benzene ring substituents is 1. The van der Waals surface area contributed by atoms with E-state index in [4.69, 9.17) is 23.2 Å². The number of hydrogen-bond acceptors (Lipinski definition) is 2. The van der Waals surface area contributed by atoms with Crippen LogP contribution in [0.4, 0.5) is 5.69 Å². The molecule has 7 heteroatoms. The fourth-order valence-electron chi connectivity index (χ4n) is 1.89. The normalized spacial score (nSPS) is 10.9. The van der Waals surface area contributed by atoms with Crippen molar-refractivity contribution in [1.29, 1.82) is 0 Å². The molecule has 0 aliphatic rings. The molecule has 1 rings (SSSR count). The van der Waals surface area contributed by atoms with Gasteiger partial charge in [-0.05, 0) is 0 Å². The number of nitro groups is 1. The molecule has 0 amide bonds. The number of nitrogens with zero attached hydrogens (tertiary/aromatic N) is 2. The maximum atomic E-state index is 10.7. The van der Waals surface area contributed by atoms with E-state index in [2.05, 4.69) is 7.05 Å². The van der Waals surface area contributed by atoms with E-state index in [1.807, 2.05) is 6.07 Å². The highest BCUT2D eigenvalue weighted by molar-refractivity contribution is 6.18. The zero-order chi connectivity index (χ0) is 13.6. The van der Waals surface area contributed by atoms with E-state index in [-0.39, 0.29) is 23.0 Å². The van der Waals surface area contributed by atoms with Gasteiger partial charge in [0.2, 0.25) is 0 Å². The third-order valence-electron chi connectivity index (χ3n) is 2.93.